The maximum atomic E-state index is 13.9. The summed E-state index contributed by atoms with van der Waals surface area (Å²) in [7, 11) is 0. The standard InChI is InChI=1S/C15H11BrF3NO/c1-7-3-4-10(17)13(14(7)19)15(21)20-12-6-9(16)11(18)5-8(12)2/h3-6H,1-2H3,(H,20,21). The summed E-state index contributed by atoms with van der Waals surface area (Å²) in [6.07, 6.45) is 0. The summed E-state index contributed by atoms with van der Waals surface area (Å²) >= 11 is 2.99. The fourth-order valence-corrected chi connectivity index (χ4v) is 2.17. The molecule has 0 atom stereocenters. The Kier molecular flexibility index (Phi) is 4.37. The summed E-state index contributed by atoms with van der Waals surface area (Å²) in [5.74, 6) is -3.27. The molecule has 0 heterocycles. The van der Waals surface area contributed by atoms with Crippen molar-refractivity contribution in [2.75, 3.05) is 5.32 Å². The molecule has 2 rings (SSSR count). The van der Waals surface area contributed by atoms with Crippen LogP contribution >= 0.6 is 15.9 Å². The molecule has 0 aromatic heterocycles. The molecule has 0 spiro atoms. The predicted molar refractivity (Wildman–Crippen MR) is 77.9 cm³/mol. The van der Waals surface area contributed by atoms with E-state index in [4.69, 9.17) is 0 Å². The summed E-state index contributed by atoms with van der Waals surface area (Å²) in [4.78, 5) is 12.1. The van der Waals surface area contributed by atoms with E-state index in [0.717, 1.165) is 6.07 Å². The number of carbonyl (C=O) groups excluding carboxylic acids is 1. The number of benzene rings is 2. The van der Waals surface area contributed by atoms with Gasteiger partial charge in [0.05, 0.1) is 4.47 Å². The number of carbonyl (C=O) groups is 1. The molecule has 0 radical (unpaired) electrons. The van der Waals surface area contributed by atoms with Crippen molar-refractivity contribution in [1.29, 1.82) is 0 Å². The molecular formula is C15H11BrF3NO. The lowest BCUT2D eigenvalue weighted by atomic mass is 10.1. The molecule has 2 aromatic rings. The Labute approximate surface area is 128 Å². The van der Waals surface area contributed by atoms with Crippen LogP contribution in [0, 0.1) is 31.3 Å². The van der Waals surface area contributed by atoms with E-state index in [9.17, 15) is 18.0 Å². The summed E-state index contributed by atoms with van der Waals surface area (Å²) in [5.41, 5.74) is 0.222. The van der Waals surface area contributed by atoms with Gasteiger partial charge in [-0.25, -0.2) is 13.2 Å². The second kappa shape index (κ2) is 5.89. The summed E-state index contributed by atoms with van der Waals surface area (Å²) in [6.45, 7) is 3.01. The van der Waals surface area contributed by atoms with E-state index >= 15 is 0 Å². The highest BCUT2D eigenvalue weighted by molar-refractivity contribution is 9.10. The zero-order valence-corrected chi connectivity index (χ0v) is 12.8. The zero-order chi connectivity index (χ0) is 15.7. The topological polar surface area (TPSA) is 29.1 Å². The average molecular weight is 358 g/mol. The number of amides is 1. The largest absolute Gasteiger partial charge is 0.322 e. The molecule has 0 fully saturated rings. The lowest BCUT2D eigenvalue weighted by molar-refractivity contribution is 0.101. The van der Waals surface area contributed by atoms with Gasteiger partial charge in [0.1, 0.15) is 23.0 Å². The van der Waals surface area contributed by atoms with E-state index in [1.807, 2.05) is 0 Å². The van der Waals surface area contributed by atoms with Gasteiger partial charge in [-0.15, -0.1) is 0 Å². The Morgan fingerprint density at radius 2 is 1.71 bits per heavy atom. The number of aryl methyl sites for hydroxylation is 2. The third-order valence-corrected chi connectivity index (χ3v) is 3.63. The van der Waals surface area contributed by atoms with Crippen molar-refractivity contribution in [3.63, 3.8) is 0 Å². The van der Waals surface area contributed by atoms with Crippen molar-refractivity contribution in [3.8, 4) is 0 Å². The van der Waals surface area contributed by atoms with Crippen LogP contribution in [0.25, 0.3) is 0 Å². The fraction of sp³-hybridized carbons (Fsp3) is 0.133. The summed E-state index contributed by atoms with van der Waals surface area (Å²) in [5, 5.41) is 2.39. The van der Waals surface area contributed by atoms with E-state index in [0.29, 0.717) is 5.56 Å². The van der Waals surface area contributed by atoms with Gasteiger partial charge in [-0.3, -0.25) is 4.79 Å². The lowest BCUT2D eigenvalue weighted by Crippen LogP contribution is -2.17. The van der Waals surface area contributed by atoms with Gasteiger partial charge in [0.15, 0.2) is 0 Å². The number of rotatable bonds is 2. The molecule has 6 heteroatoms. The van der Waals surface area contributed by atoms with E-state index < -0.39 is 28.9 Å². The van der Waals surface area contributed by atoms with Crippen molar-refractivity contribution >= 4 is 27.5 Å². The average Bonchev–Trinajstić information content (AvgIpc) is 2.41. The minimum Gasteiger partial charge on any atom is -0.322 e. The van der Waals surface area contributed by atoms with Crippen LogP contribution in [0.2, 0.25) is 0 Å². The normalized spacial score (nSPS) is 10.6. The third-order valence-electron chi connectivity index (χ3n) is 3.03. The number of hydrogen-bond acceptors (Lipinski definition) is 1. The summed E-state index contributed by atoms with van der Waals surface area (Å²) < 4.78 is 41.0. The van der Waals surface area contributed by atoms with E-state index in [1.54, 1.807) is 6.92 Å². The molecule has 0 aliphatic carbocycles. The van der Waals surface area contributed by atoms with Crippen molar-refractivity contribution in [2.24, 2.45) is 0 Å². The van der Waals surface area contributed by atoms with Crippen LogP contribution in [0.15, 0.2) is 28.7 Å². The number of nitrogens with one attached hydrogen (secondary N) is 1. The van der Waals surface area contributed by atoms with Crippen LogP contribution in [-0.4, -0.2) is 5.91 Å². The second-order valence-electron chi connectivity index (χ2n) is 4.59. The highest BCUT2D eigenvalue weighted by Crippen LogP contribution is 2.25. The first kappa shape index (κ1) is 15.6. The van der Waals surface area contributed by atoms with Gasteiger partial charge in [-0.2, -0.15) is 0 Å². The molecule has 0 aliphatic heterocycles. The number of anilines is 1. The Morgan fingerprint density at radius 1 is 1.05 bits per heavy atom. The quantitative estimate of drug-likeness (QED) is 0.826. The molecular weight excluding hydrogens is 347 g/mol. The molecule has 0 saturated heterocycles. The summed E-state index contributed by atoms with van der Waals surface area (Å²) in [6, 6.07) is 4.83. The maximum absolute atomic E-state index is 13.9. The van der Waals surface area contributed by atoms with Gasteiger partial charge in [0.25, 0.3) is 5.91 Å². The highest BCUT2D eigenvalue weighted by atomic mass is 79.9. The molecule has 1 amide bonds. The Bertz CT molecular complexity index is 731. The third kappa shape index (κ3) is 3.10. The zero-order valence-electron chi connectivity index (χ0n) is 11.2. The molecule has 1 N–H and O–H groups in total. The van der Waals surface area contributed by atoms with Gasteiger partial charge < -0.3 is 5.32 Å². The van der Waals surface area contributed by atoms with Crippen LogP contribution in [0.5, 0.6) is 0 Å². The van der Waals surface area contributed by atoms with Crippen LogP contribution in [0.4, 0.5) is 18.9 Å². The highest BCUT2D eigenvalue weighted by Gasteiger charge is 2.20. The van der Waals surface area contributed by atoms with Gasteiger partial charge in [0, 0.05) is 5.69 Å². The minimum absolute atomic E-state index is 0.147. The maximum Gasteiger partial charge on any atom is 0.261 e. The van der Waals surface area contributed by atoms with Crippen LogP contribution < -0.4 is 5.32 Å². The van der Waals surface area contributed by atoms with Crippen LogP contribution in [0.3, 0.4) is 0 Å². The molecule has 21 heavy (non-hydrogen) atoms. The van der Waals surface area contributed by atoms with Gasteiger partial charge >= 0.3 is 0 Å². The molecule has 2 nitrogen and oxygen atoms in total. The van der Waals surface area contributed by atoms with Gasteiger partial charge in [0.2, 0.25) is 0 Å². The van der Waals surface area contributed by atoms with Crippen molar-refractivity contribution in [3.05, 3.63) is 62.9 Å². The first-order chi connectivity index (χ1) is 9.81. The van der Waals surface area contributed by atoms with Crippen molar-refractivity contribution < 1.29 is 18.0 Å². The lowest BCUT2D eigenvalue weighted by Gasteiger charge is -2.11. The monoisotopic (exact) mass is 357 g/mol. The first-order valence-electron chi connectivity index (χ1n) is 6.03. The molecule has 0 bridgehead atoms. The fourth-order valence-electron chi connectivity index (χ4n) is 1.83. The van der Waals surface area contributed by atoms with Gasteiger partial charge in [-0.05, 0) is 59.1 Å². The molecule has 110 valence electrons. The molecule has 2 aromatic carbocycles. The Hall–Kier alpha value is -1.82. The number of hydrogen-bond donors (Lipinski definition) is 1. The van der Waals surface area contributed by atoms with Crippen molar-refractivity contribution in [1.82, 2.24) is 0 Å². The Balaban J connectivity index is 2.40. The van der Waals surface area contributed by atoms with Crippen LogP contribution in [0.1, 0.15) is 21.5 Å². The van der Waals surface area contributed by atoms with E-state index in [1.165, 1.54) is 25.1 Å². The van der Waals surface area contributed by atoms with Gasteiger partial charge in [-0.1, -0.05) is 6.07 Å². The molecule has 0 unspecified atom stereocenters. The molecule has 0 saturated carbocycles. The minimum atomic E-state index is -0.950. The van der Waals surface area contributed by atoms with E-state index in [2.05, 4.69) is 21.2 Å². The predicted octanol–water partition coefficient (Wildman–Crippen LogP) is 4.74. The second-order valence-corrected chi connectivity index (χ2v) is 5.44. The van der Waals surface area contributed by atoms with Crippen LogP contribution in [-0.2, 0) is 0 Å². The van der Waals surface area contributed by atoms with E-state index in [-0.39, 0.29) is 15.7 Å². The number of halogens is 4. The first-order valence-corrected chi connectivity index (χ1v) is 6.82. The molecule has 0 aliphatic rings. The van der Waals surface area contributed by atoms with Crippen molar-refractivity contribution in [2.45, 2.75) is 13.8 Å². The Morgan fingerprint density at radius 3 is 2.38 bits per heavy atom. The smallest absolute Gasteiger partial charge is 0.261 e. The SMILES string of the molecule is Cc1cc(F)c(Br)cc1NC(=O)c1c(F)ccc(C)c1F.